The van der Waals surface area contributed by atoms with Crippen molar-refractivity contribution in [3.05, 3.63) is 36.0 Å². The number of H-pyrrole nitrogens is 1. The van der Waals surface area contributed by atoms with Gasteiger partial charge in [0.05, 0.1) is 5.69 Å². The molecule has 136 valence electrons. The van der Waals surface area contributed by atoms with Gasteiger partial charge in [0.2, 0.25) is 6.41 Å². The molecular formula is C16H22N3O5P. The molecule has 25 heavy (non-hydrogen) atoms. The Kier molecular flexibility index (Phi) is 6.52. The second kappa shape index (κ2) is 8.42. The third-order valence-corrected chi connectivity index (χ3v) is 4.01. The van der Waals surface area contributed by atoms with Crippen LogP contribution in [0.4, 0.5) is 5.69 Å². The summed E-state index contributed by atoms with van der Waals surface area (Å²) in [5, 5.41) is 3.91. The maximum atomic E-state index is 10.8. The molecule has 5 N–H and O–H groups in total. The first-order chi connectivity index (χ1) is 11.8. The van der Waals surface area contributed by atoms with Gasteiger partial charge in [0.25, 0.3) is 0 Å². The van der Waals surface area contributed by atoms with Gasteiger partial charge in [-0.05, 0) is 30.7 Å². The fraction of sp³-hybridized carbons (Fsp3) is 0.312. The van der Waals surface area contributed by atoms with E-state index in [4.69, 9.17) is 19.2 Å². The number of nitrogens with zero attached hydrogens (tertiary/aromatic N) is 1. The zero-order chi connectivity index (χ0) is 18.4. The molecule has 3 rings (SSSR count). The minimum atomic E-state index is -4.64. The van der Waals surface area contributed by atoms with Crippen molar-refractivity contribution < 1.29 is 24.0 Å². The van der Waals surface area contributed by atoms with E-state index in [9.17, 15) is 4.79 Å². The number of phosphoric acid groups is 1. The highest BCUT2D eigenvalue weighted by atomic mass is 31.2. The number of fused-ring (bicyclic) bond motifs is 1. The van der Waals surface area contributed by atoms with Crippen molar-refractivity contribution >= 4 is 36.4 Å². The first-order valence-electron chi connectivity index (χ1n) is 7.83. The zero-order valence-electron chi connectivity index (χ0n) is 13.8. The molecule has 0 saturated carbocycles. The normalized spacial score (nSPS) is 15.3. The van der Waals surface area contributed by atoms with Crippen LogP contribution >= 0.6 is 7.82 Å². The zero-order valence-corrected chi connectivity index (χ0v) is 14.7. The SMILES string of the molecule is CCN1CC=C(c2c[nH]c3cccc(NC=O)c23)CC1.O=P(O)(O)O. The van der Waals surface area contributed by atoms with Crippen molar-refractivity contribution in [2.45, 2.75) is 13.3 Å². The van der Waals surface area contributed by atoms with Crippen molar-refractivity contribution in [3.8, 4) is 0 Å². The summed E-state index contributed by atoms with van der Waals surface area (Å²) >= 11 is 0. The van der Waals surface area contributed by atoms with Gasteiger partial charge in [-0.25, -0.2) is 4.57 Å². The topological polar surface area (TPSA) is 126 Å². The van der Waals surface area contributed by atoms with E-state index in [0.717, 1.165) is 49.1 Å². The molecule has 0 spiro atoms. The molecule has 0 bridgehead atoms. The average molecular weight is 367 g/mol. The molecule has 0 atom stereocenters. The van der Waals surface area contributed by atoms with E-state index in [-0.39, 0.29) is 0 Å². The Hall–Kier alpha value is -1.96. The Labute approximate surface area is 145 Å². The molecule has 0 fully saturated rings. The number of anilines is 1. The summed E-state index contributed by atoms with van der Waals surface area (Å²) in [6.07, 6.45) is 6.14. The highest BCUT2D eigenvalue weighted by Crippen LogP contribution is 2.33. The number of likely N-dealkylation sites (N-methyl/N-ethyl adjacent to an activating group) is 1. The van der Waals surface area contributed by atoms with Gasteiger partial charge in [0, 0.05) is 35.8 Å². The lowest BCUT2D eigenvalue weighted by Crippen LogP contribution is -2.27. The monoisotopic (exact) mass is 367 g/mol. The summed E-state index contributed by atoms with van der Waals surface area (Å²) in [6, 6.07) is 5.93. The molecule has 2 heterocycles. The Morgan fingerprint density at radius 3 is 2.64 bits per heavy atom. The van der Waals surface area contributed by atoms with E-state index in [1.54, 1.807) is 0 Å². The fourth-order valence-corrected chi connectivity index (χ4v) is 2.86. The van der Waals surface area contributed by atoms with Crippen molar-refractivity contribution in [1.29, 1.82) is 0 Å². The summed E-state index contributed by atoms with van der Waals surface area (Å²) < 4.78 is 8.88. The number of carbonyl (C=O) groups is 1. The number of amides is 1. The molecule has 1 aromatic heterocycles. The first-order valence-corrected chi connectivity index (χ1v) is 9.40. The molecule has 1 amide bonds. The molecule has 2 aromatic rings. The summed E-state index contributed by atoms with van der Waals surface area (Å²) in [6.45, 7) is 5.38. The predicted octanol–water partition coefficient (Wildman–Crippen LogP) is 1.92. The third-order valence-electron chi connectivity index (χ3n) is 4.01. The lowest BCUT2D eigenvalue weighted by atomic mass is 9.98. The third kappa shape index (κ3) is 5.52. The molecule has 0 aliphatic carbocycles. The largest absolute Gasteiger partial charge is 0.466 e. The molecule has 1 aliphatic rings. The standard InChI is InChI=1S/C16H19N3O.H3O4P/c1-2-19-8-6-12(7-9-19)13-10-17-14-4-3-5-15(16(13)14)18-11-20;1-5(2,3)4/h3-6,10-11,17H,2,7-9H2,1H3,(H,18,20);(H3,1,2,3,4). The maximum Gasteiger partial charge on any atom is 0.466 e. The van der Waals surface area contributed by atoms with Crippen LogP contribution in [0, 0.1) is 0 Å². The van der Waals surface area contributed by atoms with Gasteiger partial charge in [-0.3, -0.25) is 9.69 Å². The van der Waals surface area contributed by atoms with Crippen LogP contribution in [0.25, 0.3) is 16.5 Å². The first kappa shape index (κ1) is 19.4. The smallest absolute Gasteiger partial charge is 0.360 e. The molecule has 0 radical (unpaired) electrons. The van der Waals surface area contributed by atoms with E-state index >= 15 is 0 Å². The number of aromatic nitrogens is 1. The number of benzene rings is 1. The number of aromatic amines is 1. The summed E-state index contributed by atoms with van der Waals surface area (Å²) in [7, 11) is -4.64. The van der Waals surface area contributed by atoms with Crippen LogP contribution in [0.2, 0.25) is 0 Å². The Morgan fingerprint density at radius 1 is 1.36 bits per heavy atom. The number of carbonyl (C=O) groups excluding carboxylic acids is 1. The minimum Gasteiger partial charge on any atom is -0.360 e. The Morgan fingerprint density at radius 2 is 2.08 bits per heavy atom. The molecule has 1 aromatic carbocycles. The quantitative estimate of drug-likeness (QED) is 0.415. The van der Waals surface area contributed by atoms with Gasteiger partial charge in [-0.1, -0.05) is 19.1 Å². The number of hydrogen-bond donors (Lipinski definition) is 5. The van der Waals surface area contributed by atoms with Gasteiger partial charge in [0.15, 0.2) is 0 Å². The van der Waals surface area contributed by atoms with Crippen molar-refractivity contribution in [1.82, 2.24) is 9.88 Å². The molecule has 1 aliphatic heterocycles. The summed E-state index contributed by atoms with van der Waals surface area (Å²) in [4.78, 5) is 38.0. The average Bonchev–Trinajstić information content (AvgIpc) is 2.99. The van der Waals surface area contributed by atoms with E-state index < -0.39 is 7.82 Å². The van der Waals surface area contributed by atoms with Gasteiger partial charge >= 0.3 is 7.82 Å². The molecular weight excluding hydrogens is 345 g/mol. The Bertz CT molecular complexity index is 803. The van der Waals surface area contributed by atoms with Crippen molar-refractivity contribution in [2.75, 3.05) is 25.0 Å². The Balaban J connectivity index is 0.000000399. The number of nitrogens with one attached hydrogen (secondary N) is 2. The van der Waals surface area contributed by atoms with Gasteiger partial charge in [0.1, 0.15) is 0 Å². The minimum absolute atomic E-state index is 0.736. The van der Waals surface area contributed by atoms with Crippen molar-refractivity contribution in [3.63, 3.8) is 0 Å². The van der Waals surface area contributed by atoms with Crippen LogP contribution in [-0.4, -0.2) is 50.6 Å². The molecule has 9 heteroatoms. The number of rotatable bonds is 4. The maximum absolute atomic E-state index is 10.8. The van der Waals surface area contributed by atoms with Crippen LogP contribution in [-0.2, 0) is 9.36 Å². The lowest BCUT2D eigenvalue weighted by Gasteiger charge is -2.24. The summed E-state index contributed by atoms with van der Waals surface area (Å²) in [5.41, 5.74) is 4.50. The second-order valence-corrected chi connectivity index (χ2v) is 6.61. The van der Waals surface area contributed by atoms with Gasteiger partial charge in [-0.2, -0.15) is 0 Å². The fourth-order valence-electron chi connectivity index (χ4n) is 2.86. The van der Waals surface area contributed by atoms with Crippen LogP contribution in [0.1, 0.15) is 18.9 Å². The molecule has 8 nitrogen and oxygen atoms in total. The molecule has 0 saturated heterocycles. The van der Waals surface area contributed by atoms with Gasteiger partial charge in [-0.15, -0.1) is 0 Å². The summed E-state index contributed by atoms with van der Waals surface area (Å²) in [5.74, 6) is 0. The van der Waals surface area contributed by atoms with Crippen LogP contribution in [0.5, 0.6) is 0 Å². The van der Waals surface area contributed by atoms with Gasteiger partial charge < -0.3 is 25.0 Å². The van der Waals surface area contributed by atoms with E-state index in [0.29, 0.717) is 0 Å². The lowest BCUT2D eigenvalue weighted by molar-refractivity contribution is -0.105. The highest BCUT2D eigenvalue weighted by molar-refractivity contribution is 7.45. The number of hydrogen-bond acceptors (Lipinski definition) is 3. The van der Waals surface area contributed by atoms with Crippen LogP contribution in [0.3, 0.4) is 0 Å². The van der Waals surface area contributed by atoms with E-state index in [1.807, 2.05) is 24.4 Å². The van der Waals surface area contributed by atoms with Crippen LogP contribution < -0.4 is 5.32 Å². The van der Waals surface area contributed by atoms with Crippen LogP contribution in [0.15, 0.2) is 30.5 Å². The molecule has 0 unspecified atom stereocenters. The van der Waals surface area contributed by atoms with E-state index in [2.05, 4.69) is 28.2 Å². The second-order valence-electron chi connectivity index (χ2n) is 5.58. The van der Waals surface area contributed by atoms with Crippen molar-refractivity contribution in [2.24, 2.45) is 0 Å². The van der Waals surface area contributed by atoms with E-state index in [1.165, 1.54) is 11.1 Å². The predicted molar refractivity (Wildman–Crippen MR) is 97.0 cm³/mol. The highest BCUT2D eigenvalue weighted by Gasteiger charge is 2.16.